The van der Waals surface area contributed by atoms with Gasteiger partial charge in [-0.25, -0.2) is 22.8 Å². The van der Waals surface area contributed by atoms with Crippen molar-refractivity contribution in [3.63, 3.8) is 0 Å². The van der Waals surface area contributed by atoms with Gasteiger partial charge in [-0.15, -0.1) is 0 Å². The van der Waals surface area contributed by atoms with Gasteiger partial charge in [-0.05, 0) is 67.4 Å². The smallest absolute Gasteiger partial charge is 0.415 e. The fourth-order valence-electron chi connectivity index (χ4n) is 6.13. The molecule has 0 aliphatic carbocycles. The first kappa shape index (κ1) is 27.8. The molecule has 42 heavy (non-hydrogen) atoms. The molecule has 6 rings (SSSR count). The monoisotopic (exact) mass is 577 g/mol. The number of hydrogen-bond donors (Lipinski definition) is 1. The lowest BCUT2D eigenvalue weighted by Crippen LogP contribution is -2.46. The SMILES string of the molecule is CC(C)n1cc(CN2CCC3(CC2)CN(c2ccc(C(=O)O)cc2)C(=O)O3)c2c(-c3ccc(F)c(F)c3F)cccc21. The van der Waals surface area contributed by atoms with Gasteiger partial charge >= 0.3 is 12.1 Å². The van der Waals surface area contributed by atoms with Crippen molar-refractivity contribution in [1.29, 1.82) is 0 Å². The molecule has 0 atom stereocenters. The van der Waals surface area contributed by atoms with Crippen LogP contribution in [-0.4, -0.2) is 51.9 Å². The minimum Gasteiger partial charge on any atom is -0.478 e. The van der Waals surface area contributed by atoms with E-state index in [2.05, 4.69) is 9.47 Å². The quantitative estimate of drug-likeness (QED) is 0.250. The molecule has 7 nitrogen and oxygen atoms in total. The summed E-state index contributed by atoms with van der Waals surface area (Å²) in [5.41, 5.74) is 2.41. The van der Waals surface area contributed by atoms with Crippen molar-refractivity contribution in [3.8, 4) is 11.1 Å². The highest BCUT2D eigenvalue weighted by molar-refractivity contribution is 5.98. The van der Waals surface area contributed by atoms with Gasteiger partial charge in [0.2, 0.25) is 0 Å². The average molecular weight is 578 g/mol. The molecule has 3 aromatic carbocycles. The normalized spacial score (nSPS) is 17.0. The Hall–Kier alpha value is -4.31. The number of amides is 1. The number of ether oxygens (including phenoxy) is 1. The Labute approximate surface area is 240 Å². The lowest BCUT2D eigenvalue weighted by atomic mass is 9.90. The molecule has 2 saturated heterocycles. The molecule has 0 saturated carbocycles. The molecule has 2 aliphatic rings. The summed E-state index contributed by atoms with van der Waals surface area (Å²) in [4.78, 5) is 27.8. The van der Waals surface area contributed by atoms with E-state index < -0.39 is 35.1 Å². The van der Waals surface area contributed by atoms with Gasteiger partial charge in [0.1, 0.15) is 5.60 Å². The van der Waals surface area contributed by atoms with Crippen LogP contribution in [0, 0.1) is 17.5 Å². The van der Waals surface area contributed by atoms with E-state index in [-0.39, 0.29) is 17.2 Å². The molecule has 0 unspecified atom stereocenters. The zero-order valence-electron chi connectivity index (χ0n) is 23.2. The van der Waals surface area contributed by atoms with Crippen LogP contribution in [0.3, 0.4) is 0 Å². The Kier molecular flexibility index (Phi) is 6.97. The fourth-order valence-corrected chi connectivity index (χ4v) is 6.13. The highest BCUT2D eigenvalue weighted by Crippen LogP contribution is 2.39. The molecule has 1 spiro atoms. The molecule has 2 aliphatic heterocycles. The van der Waals surface area contributed by atoms with Gasteiger partial charge in [-0.3, -0.25) is 9.80 Å². The maximum Gasteiger partial charge on any atom is 0.415 e. The summed E-state index contributed by atoms with van der Waals surface area (Å²) in [6, 6.07) is 14.0. The lowest BCUT2D eigenvalue weighted by molar-refractivity contribution is -0.000899. The van der Waals surface area contributed by atoms with Crippen LogP contribution in [0.15, 0.2) is 60.8 Å². The molecular formula is C32H30F3N3O4. The van der Waals surface area contributed by atoms with Gasteiger partial charge in [0.05, 0.1) is 12.1 Å². The van der Waals surface area contributed by atoms with Gasteiger partial charge < -0.3 is 14.4 Å². The number of halogens is 3. The van der Waals surface area contributed by atoms with E-state index in [0.717, 1.165) is 22.5 Å². The standard InChI is InChI=1S/C32H30F3N3O4/c1-19(2)37-17-21(27-23(4-3-5-26(27)37)24-10-11-25(33)29(35)28(24)34)16-36-14-12-32(13-15-36)18-38(31(41)42-32)22-8-6-20(7-9-22)30(39)40/h3-11,17,19H,12-16,18H2,1-2H3,(H,39,40). The second-order valence-electron chi connectivity index (χ2n) is 11.3. The molecular weight excluding hydrogens is 547 g/mol. The Morgan fingerprint density at radius 3 is 2.36 bits per heavy atom. The Morgan fingerprint density at radius 2 is 1.69 bits per heavy atom. The highest BCUT2D eigenvalue weighted by atomic mass is 19.2. The molecule has 1 aromatic heterocycles. The third kappa shape index (κ3) is 4.79. The number of anilines is 1. The van der Waals surface area contributed by atoms with Crippen molar-refractivity contribution < 1.29 is 32.6 Å². The number of fused-ring (bicyclic) bond motifs is 1. The van der Waals surface area contributed by atoms with E-state index in [1.54, 1.807) is 29.2 Å². The predicted octanol–water partition coefficient (Wildman–Crippen LogP) is 7.00. The molecule has 1 N–H and O–H groups in total. The molecule has 10 heteroatoms. The fraction of sp³-hybridized carbons (Fsp3) is 0.312. The summed E-state index contributed by atoms with van der Waals surface area (Å²) in [6.07, 6.45) is 2.80. The van der Waals surface area contributed by atoms with Crippen molar-refractivity contribution >= 4 is 28.7 Å². The Morgan fingerprint density at radius 1 is 0.976 bits per heavy atom. The van der Waals surface area contributed by atoms with Gasteiger partial charge in [-0.1, -0.05) is 12.1 Å². The molecule has 1 amide bonds. The minimum atomic E-state index is -1.49. The number of carbonyl (C=O) groups is 2. The number of nitrogens with zero attached hydrogens (tertiary/aromatic N) is 3. The molecule has 0 radical (unpaired) electrons. The van der Waals surface area contributed by atoms with Crippen LogP contribution in [-0.2, 0) is 11.3 Å². The minimum absolute atomic E-state index is 0.00852. The Bertz CT molecular complexity index is 1690. The van der Waals surface area contributed by atoms with Crippen LogP contribution in [0.5, 0.6) is 0 Å². The van der Waals surface area contributed by atoms with Gasteiger partial charge in [-0.2, -0.15) is 0 Å². The van der Waals surface area contributed by atoms with Crippen LogP contribution in [0.4, 0.5) is 23.7 Å². The van der Waals surface area contributed by atoms with Crippen LogP contribution >= 0.6 is 0 Å². The summed E-state index contributed by atoms with van der Waals surface area (Å²) in [5.74, 6) is -4.97. The van der Waals surface area contributed by atoms with Crippen LogP contribution in [0.1, 0.15) is 48.7 Å². The highest BCUT2D eigenvalue weighted by Gasteiger charge is 2.47. The zero-order valence-corrected chi connectivity index (χ0v) is 23.2. The predicted molar refractivity (Wildman–Crippen MR) is 152 cm³/mol. The number of carbonyl (C=O) groups excluding carboxylic acids is 1. The number of aromatic carboxylic acids is 1. The van der Waals surface area contributed by atoms with Crippen molar-refractivity contribution in [2.75, 3.05) is 24.5 Å². The van der Waals surface area contributed by atoms with Crippen LogP contribution in [0.25, 0.3) is 22.0 Å². The van der Waals surface area contributed by atoms with E-state index >= 15 is 0 Å². The summed E-state index contributed by atoms with van der Waals surface area (Å²) in [7, 11) is 0. The summed E-state index contributed by atoms with van der Waals surface area (Å²) < 4.78 is 50.9. The summed E-state index contributed by atoms with van der Waals surface area (Å²) in [6.45, 7) is 6.31. The molecule has 3 heterocycles. The van der Waals surface area contributed by atoms with Gasteiger partial charge in [0.25, 0.3) is 0 Å². The summed E-state index contributed by atoms with van der Waals surface area (Å²) >= 11 is 0. The molecule has 2 fully saturated rings. The number of piperidine rings is 1. The largest absolute Gasteiger partial charge is 0.478 e. The number of carboxylic acid groups (broad SMARTS) is 1. The number of benzene rings is 3. The number of carboxylic acids is 1. The first-order valence-corrected chi connectivity index (χ1v) is 13.9. The number of likely N-dealkylation sites (tertiary alicyclic amines) is 1. The molecule has 218 valence electrons. The van der Waals surface area contributed by atoms with Crippen molar-refractivity contribution in [2.24, 2.45) is 0 Å². The second-order valence-corrected chi connectivity index (χ2v) is 11.3. The molecule has 4 aromatic rings. The first-order valence-electron chi connectivity index (χ1n) is 13.9. The van der Waals surface area contributed by atoms with E-state index in [1.807, 2.05) is 26.1 Å². The van der Waals surface area contributed by atoms with Gasteiger partial charge in [0, 0.05) is 66.9 Å². The van der Waals surface area contributed by atoms with Crippen molar-refractivity contribution in [2.45, 2.75) is 44.9 Å². The number of rotatable bonds is 6. The lowest BCUT2D eigenvalue weighted by Gasteiger charge is -2.37. The van der Waals surface area contributed by atoms with E-state index in [9.17, 15) is 22.8 Å². The van der Waals surface area contributed by atoms with Crippen molar-refractivity contribution in [1.82, 2.24) is 9.47 Å². The summed E-state index contributed by atoms with van der Waals surface area (Å²) in [5, 5.41) is 9.95. The second kappa shape index (κ2) is 10.5. The number of hydrogen-bond acceptors (Lipinski definition) is 4. The first-order chi connectivity index (χ1) is 20.1. The third-order valence-corrected chi connectivity index (χ3v) is 8.38. The third-order valence-electron chi connectivity index (χ3n) is 8.38. The number of aromatic nitrogens is 1. The maximum atomic E-state index is 14.9. The maximum absolute atomic E-state index is 14.9. The van der Waals surface area contributed by atoms with Gasteiger partial charge in [0.15, 0.2) is 17.5 Å². The zero-order chi connectivity index (χ0) is 29.8. The van der Waals surface area contributed by atoms with E-state index in [4.69, 9.17) is 9.84 Å². The topological polar surface area (TPSA) is 75.0 Å². The van der Waals surface area contributed by atoms with Crippen LogP contribution < -0.4 is 4.90 Å². The average Bonchev–Trinajstić information content (AvgIpc) is 3.51. The van der Waals surface area contributed by atoms with Crippen molar-refractivity contribution in [3.05, 3.63) is 89.4 Å². The molecule has 0 bridgehead atoms. The van der Waals surface area contributed by atoms with E-state index in [0.29, 0.717) is 50.3 Å². The van der Waals surface area contributed by atoms with Crippen LogP contribution in [0.2, 0.25) is 0 Å². The van der Waals surface area contributed by atoms with E-state index in [1.165, 1.54) is 18.2 Å². The Balaban J connectivity index is 1.24.